The zero-order chi connectivity index (χ0) is 21.3. The minimum atomic E-state index is -1.82. The third-order valence-corrected chi connectivity index (χ3v) is 7.31. The summed E-state index contributed by atoms with van der Waals surface area (Å²) in [6.45, 7) is 3.88. The van der Waals surface area contributed by atoms with Crippen molar-refractivity contribution in [2.75, 3.05) is 26.2 Å². The van der Waals surface area contributed by atoms with E-state index in [1.54, 1.807) is 12.4 Å². The second-order valence-corrected chi connectivity index (χ2v) is 9.10. The van der Waals surface area contributed by atoms with E-state index in [-0.39, 0.29) is 5.91 Å². The first-order valence-corrected chi connectivity index (χ1v) is 10.8. The number of rotatable bonds is 2. The van der Waals surface area contributed by atoms with E-state index < -0.39 is 11.9 Å². The fourth-order valence-electron chi connectivity index (χ4n) is 6.39. The molecule has 0 atom stereocenters. The van der Waals surface area contributed by atoms with Crippen molar-refractivity contribution in [1.82, 2.24) is 14.8 Å². The molecule has 2 heterocycles. The Labute approximate surface area is 175 Å². The summed E-state index contributed by atoms with van der Waals surface area (Å²) in [6.07, 6.45) is 10.9. The van der Waals surface area contributed by atoms with E-state index in [1.165, 1.54) is 32.1 Å². The van der Waals surface area contributed by atoms with Crippen molar-refractivity contribution in [3.05, 3.63) is 30.1 Å². The summed E-state index contributed by atoms with van der Waals surface area (Å²) in [5.74, 6) is 0.496. The highest BCUT2D eigenvalue weighted by Crippen LogP contribution is 2.55. The molecule has 5 fully saturated rings. The number of hydrogen-bond acceptors (Lipinski definition) is 5. The number of amides is 1. The molecule has 1 aliphatic heterocycles. The molecule has 0 unspecified atom stereocenters. The lowest BCUT2D eigenvalue weighted by molar-refractivity contribution is -0.159. The average molecular weight is 415 g/mol. The number of piperazine rings is 1. The highest BCUT2D eigenvalue weighted by molar-refractivity contribution is 6.27. The van der Waals surface area contributed by atoms with Crippen LogP contribution in [0.4, 0.5) is 0 Å². The topological polar surface area (TPSA) is 111 Å². The zero-order valence-electron chi connectivity index (χ0n) is 17.0. The number of aliphatic carboxylic acids is 2. The molecule has 5 aliphatic rings. The fraction of sp³-hybridized carbons (Fsp3) is 0.636. The first-order valence-electron chi connectivity index (χ1n) is 10.8. The van der Waals surface area contributed by atoms with Crippen molar-refractivity contribution < 1.29 is 24.6 Å². The molecule has 1 aromatic rings. The van der Waals surface area contributed by atoms with Gasteiger partial charge < -0.3 is 15.1 Å². The highest BCUT2D eigenvalue weighted by atomic mass is 16.4. The quantitative estimate of drug-likeness (QED) is 0.709. The molecule has 162 valence electrons. The molecule has 1 aromatic heterocycles. The van der Waals surface area contributed by atoms with Gasteiger partial charge in [0.1, 0.15) is 0 Å². The molecular weight excluding hydrogens is 386 g/mol. The van der Waals surface area contributed by atoms with Crippen LogP contribution < -0.4 is 0 Å². The van der Waals surface area contributed by atoms with E-state index in [2.05, 4.69) is 9.88 Å². The number of nitrogens with zero attached hydrogens (tertiary/aromatic N) is 3. The molecule has 1 amide bonds. The smallest absolute Gasteiger partial charge is 0.414 e. The Morgan fingerprint density at radius 1 is 0.800 bits per heavy atom. The van der Waals surface area contributed by atoms with Crippen LogP contribution in [0.5, 0.6) is 0 Å². The number of pyridine rings is 1. The van der Waals surface area contributed by atoms with Gasteiger partial charge in [-0.3, -0.25) is 14.7 Å². The predicted octanol–water partition coefficient (Wildman–Crippen LogP) is 1.82. The summed E-state index contributed by atoms with van der Waals surface area (Å²) in [5, 5.41) is 14.8. The molecule has 2 N–H and O–H groups in total. The molecule has 1 saturated heterocycles. The number of carboxylic acids is 2. The standard InChI is InChI=1S/C20H27N3O.C2H2O4/c24-20(16-1-3-21-4-2-16)23-7-5-22(6-8-23)19-17-10-14-9-15(12-17)13-18(19)11-14;3-1(4)2(5)6/h1-4,14-15,17-19H,5-13H2;(H,3,4)(H,5,6). The Morgan fingerprint density at radius 3 is 1.77 bits per heavy atom. The van der Waals surface area contributed by atoms with Gasteiger partial charge in [-0.2, -0.15) is 0 Å². The maximum atomic E-state index is 12.6. The van der Waals surface area contributed by atoms with Gasteiger partial charge in [0, 0.05) is 50.2 Å². The van der Waals surface area contributed by atoms with Gasteiger partial charge in [0.05, 0.1) is 0 Å². The lowest BCUT2D eigenvalue weighted by Crippen LogP contribution is -2.60. The van der Waals surface area contributed by atoms with Gasteiger partial charge in [0.15, 0.2) is 0 Å². The minimum absolute atomic E-state index is 0.169. The monoisotopic (exact) mass is 415 g/mol. The van der Waals surface area contributed by atoms with Crippen molar-refractivity contribution in [2.45, 2.75) is 38.1 Å². The van der Waals surface area contributed by atoms with Crippen LogP contribution in [-0.2, 0) is 9.59 Å². The molecule has 4 saturated carbocycles. The molecule has 6 rings (SSSR count). The zero-order valence-corrected chi connectivity index (χ0v) is 17.0. The maximum Gasteiger partial charge on any atom is 0.414 e. The lowest BCUT2D eigenvalue weighted by atomic mass is 9.54. The minimum Gasteiger partial charge on any atom is -0.473 e. The van der Waals surface area contributed by atoms with Crippen LogP contribution in [0.1, 0.15) is 42.5 Å². The van der Waals surface area contributed by atoms with E-state index >= 15 is 0 Å². The van der Waals surface area contributed by atoms with E-state index in [0.29, 0.717) is 0 Å². The summed E-state index contributed by atoms with van der Waals surface area (Å²) in [4.78, 5) is 39.6. The van der Waals surface area contributed by atoms with Gasteiger partial charge in [-0.05, 0) is 67.9 Å². The third kappa shape index (κ3) is 4.33. The molecule has 4 bridgehead atoms. The number of aromatic nitrogens is 1. The number of carbonyl (C=O) groups excluding carboxylic acids is 1. The van der Waals surface area contributed by atoms with Crippen LogP contribution in [0.15, 0.2) is 24.5 Å². The predicted molar refractivity (Wildman–Crippen MR) is 108 cm³/mol. The molecule has 8 nitrogen and oxygen atoms in total. The number of hydrogen-bond donors (Lipinski definition) is 2. The third-order valence-electron chi connectivity index (χ3n) is 7.31. The Kier molecular flexibility index (Phi) is 6.04. The summed E-state index contributed by atoms with van der Waals surface area (Å²) >= 11 is 0. The van der Waals surface area contributed by atoms with Crippen molar-refractivity contribution in [2.24, 2.45) is 23.7 Å². The van der Waals surface area contributed by atoms with Crippen LogP contribution in [0.25, 0.3) is 0 Å². The Morgan fingerprint density at radius 2 is 1.30 bits per heavy atom. The van der Waals surface area contributed by atoms with Crippen LogP contribution in [-0.4, -0.2) is 75.1 Å². The molecular formula is C22H29N3O5. The van der Waals surface area contributed by atoms with Crippen molar-refractivity contribution in [3.63, 3.8) is 0 Å². The first-order chi connectivity index (χ1) is 14.4. The van der Waals surface area contributed by atoms with Gasteiger partial charge in [0.25, 0.3) is 5.91 Å². The molecule has 0 radical (unpaired) electrons. The van der Waals surface area contributed by atoms with Crippen LogP contribution in [0.2, 0.25) is 0 Å². The number of carbonyl (C=O) groups is 3. The fourth-order valence-corrected chi connectivity index (χ4v) is 6.39. The number of carboxylic acid groups (broad SMARTS) is 2. The summed E-state index contributed by atoms with van der Waals surface area (Å²) in [7, 11) is 0. The summed E-state index contributed by atoms with van der Waals surface area (Å²) in [6, 6.07) is 4.47. The molecule has 30 heavy (non-hydrogen) atoms. The van der Waals surface area contributed by atoms with Crippen LogP contribution >= 0.6 is 0 Å². The normalized spacial score (nSPS) is 32.3. The van der Waals surface area contributed by atoms with Gasteiger partial charge in [-0.15, -0.1) is 0 Å². The van der Waals surface area contributed by atoms with Crippen molar-refractivity contribution in [3.8, 4) is 0 Å². The molecule has 0 spiro atoms. The Balaban J connectivity index is 0.000000322. The van der Waals surface area contributed by atoms with Gasteiger partial charge in [-0.1, -0.05) is 0 Å². The van der Waals surface area contributed by atoms with Crippen molar-refractivity contribution >= 4 is 17.8 Å². The Bertz CT molecular complexity index is 751. The van der Waals surface area contributed by atoms with Gasteiger partial charge in [0.2, 0.25) is 0 Å². The van der Waals surface area contributed by atoms with E-state index in [1.807, 2.05) is 17.0 Å². The second kappa shape index (κ2) is 8.71. The van der Waals surface area contributed by atoms with Crippen LogP contribution in [0.3, 0.4) is 0 Å². The Hall–Kier alpha value is -2.48. The molecule has 0 aromatic carbocycles. The van der Waals surface area contributed by atoms with E-state index in [0.717, 1.165) is 61.5 Å². The average Bonchev–Trinajstić information content (AvgIpc) is 2.74. The van der Waals surface area contributed by atoms with Gasteiger partial charge >= 0.3 is 11.9 Å². The van der Waals surface area contributed by atoms with E-state index in [9.17, 15) is 4.79 Å². The van der Waals surface area contributed by atoms with E-state index in [4.69, 9.17) is 19.8 Å². The summed E-state index contributed by atoms with van der Waals surface area (Å²) in [5.41, 5.74) is 0.771. The SMILES string of the molecule is O=C(O)C(=O)O.O=C(c1ccncc1)N1CCN(C2C3CC4CC(C3)CC2C4)CC1. The first kappa shape index (κ1) is 20.8. The highest BCUT2D eigenvalue weighted by Gasteiger charge is 2.50. The lowest BCUT2D eigenvalue weighted by Gasteiger charge is -2.58. The largest absolute Gasteiger partial charge is 0.473 e. The summed E-state index contributed by atoms with van der Waals surface area (Å²) < 4.78 is 0. The molecule has 8 heteroatoms. The maximum absolute atomic E-state index is 12.6. The van der Waals surface area contributed by atoms with Crippen molar-refractivity contribution in [1.29, 1.82) is 0 Å². The van der Waals surface area contributed by atoms with Gasteiger partial charge in [-0.25, -0.2) is 9.59 Å². The second-order valence-electron chi connectivity index (χ2n) is 9.10. The molecule has 4 aliphatic carbocycles. The van der Waals surface area contributed by atoms with Crippen LogP contribution in [0, 0.1) is 23.7 Å².